The van der Waals surface area contributed by atoms with Crippen LogP contribution in [0.1, 0.15) is 30.9 Å². The third kappa shape index (κ3) is 6.80. The molecule has 1 fully saturated rings. The first kappa shape index (κ1) is 21.7. The molecule has 1 aliphatic heterocycles. The highest BCUT2D eigenvalue weighted by molar-refractivity contribution is 14.0. The molecule has 6 nitrogen and oxygen atoms in total. The summed E-state index contributed by atoms with van der Waals surface area (Å²) in [5, 5.41) is 11.1. The van der Waals surface area contributed by atoms with Gasteiger partial charge in [-0.25, -0.2) is 0 Å². The van der Waals surface area contributed by atoms with Crippen molar-refractivity contribution >= 4 is 29.9 Å². The normalized spacial score (nSPS) is 16.0. The number of aromatic nitrogens is 2. The van der Waals surface area contributed by atoms with E-state index in [0.717, 1.165) is 32.0 Å². The van der Waals surface area contributed by atoms with E-state index in [1.807, 2.05) is 30.2 Å². The van der Waals surface area contributed by atoms with E-state index in [4.69, 9.17) is 0 Å². The summed E-state index contributed by atoms with van der Waals surface area (Å²) >= 11 is 0. The number of aryl methyl sites for hydroxylation is 1. The highest BCUT2D eigenvalue weighted by Gasteiger charge is 2.23. The second kappa shape index (κ2) is 12.0. The van der Waals surface area contributed by atoms with Gasteiger partial charge in [0.25, 0.3) is 0 Å². The number of aliphatic imine (C=N–C) groups is 1. The Labute approximate surface area is 179 Å². The molecule has 1 unspecified atom stereocenters. The lowest BCUT2D eigenvalue weighted by atomic mass is 10.1. The second-order valence-corrected chi connectivity index (χ2v) is 6.67. The van der Waals surface area contributed by atoms with E-state index in [1.54, 1.807) is 0 Å². The molecular formula is C20H31IN6. The highest BCUT2D eigenvalue weighted by Crippen LogP contribution is 2.24. The van der Waals surface area contributed by atoms with Gasteiger partial charge >= 0.3 is 0 Å². The van der Waals surface area contributed by atoms with Crippen molar-refractivity contribution in [2.45, 2.75) is 31.8 Å². The first-order valence-corrected chi connectivity index (χ1v) is 9.58. The summed E-state index contributed by atoms with van der Waals surface area (Å²) in [6.07, 6.45) is 7.41. The minimum atomic E-state index is 0. The minimum absolute atomic E-state index is 0. The predicted molar refractivity (Wildman–Crippen MR) is 122 cm³/mol. The fourth-order valence-electron chi connectivity index (χ4n) is 3.48. The Hall–Kier alpha value is -1.61. The molecule has 148 valence electrons. The lowest BCUT2D eigenvalue weighted by molar-refractivity contribution is 0.245. The lowest BCUT2D eigenvalue weighted by Crippen LogP contribution is -2.43. The van der Waals surface area contributed by atoms with Crippen LogP contribution in [-0.4, -0.2) is 53.9 Å². The highest BCUT2D eigenvalue weighted by atomic mass is 127. The molecular weight excluding hydrogens is 451 g/mol. The van der Waals surface area contributed by atoms with Crippen molar-refractivity contribution in [2.24, 2.45) is 4.99 Å². The van der Waals surface area contributed by atoms with Crippen molar-refractivity contribution in [2.75, 3.05) is 33.2 Å². The second-order valence-electron chi connectivity index (χ2n) is 6.67. The fraction of sp³-hybridized carbons (Fsp3) is 0.500. The van der Waals surface area contributed by atoms with Gasteiger partial charge in [0.1, 0.15) is 0 Å². The van der Waals surface area contributed by atoms with Crippen LogP contribution in [0.5, 0.6) is 0 Å². The molecule has 0 saturated carbocycles. The maximum absolute atomic E-state index is 4.37. The van der Waals surface area contributed by atoms with Crippen molar-refractivity contribution in [1.82, 2.24) is 25.3 Å². The van der Waals surface area contributed by atoms with Gasteiger partial charge in [0.2, 0.25) is 0 Å². The Bertz CT molecular complexity index is 652. The molecule has 0 amide bonds. The predicted octanol–water partition coefficient (Wildman–Crippen LogP) is 2.89. The Kier molecular flexibility index (Phi) is 9.61. The Morgan fingerprint density at radius 3 is 2.59 bits per heavy atom. The number of likely N-dealkylation sites (tertiary alicyclic amines) is 1. The molecule has 1 aromatic carbocycles. The van der Waals surface area contributed by atoms with Crippen molar-refractivity contribution in [1.29, 1.82) is 0 Å². The van der Waals surface area contributed by atoms with Crippen molar-refractivity contribution < 1.29 is 0 Å². The van der Waals surface area contributed by atoms with Crippen molar-refractivity contribution in [3.8, 4) is 0 Å². The van der Waals surface area contributed by atoms with Crippen molar-refractivity contribution in [3.05, 3.63) is 54.4 Å². The SMILES string of the molecule is CN=C(NCCCn1cccn1)NCC(c1ccccc1)N1CCCC1.I. The minimum Gasteiger partial charge on any atom is -0.356 e. The molecule has 1 aromatic heterocycles. The smallest absolute Gasteiger partial charge is 0.191 e. The topological polar surface area (TPSA) is 57.5 Å². The van der Waals surface area contributed by atoms with Crippen LogP contribution in [-0.2, 0) is 6.54 Å². The first-order chi connectivity index (χ1) is 12.9. The van der Waals surface area contributed by atoms with E-state index < -0.39 is 0 Å². The molecule has 1 saturated heterocycles. The average molecular weight is 482 g/mol. The van der Waals surface area contributed by atoms with Gasteiger partial charge in [0.05, 0.1) is 6.04 Å². The Morgan fingerprint density at radius 2 is 1.93 bits per heavy atom. The fourth-order valence-corrected chi connectivity index (χ4v) is 3.48. The number of hydrogen-bond donors (Lipinski definition) is 2. The molecule has 1 atom stereocenters. The summed E-state index contributed by atoms with van der Waals surface area (Å²) in [4.78, 5) is 6.95. The molecule has 7 heteroatoms. The molecule has 27 heavy (non-hydrogen) atoms. The van der Waals surface area contributed by atoms with Crippen LogP contribution in [0.25, 0.3) is 0 Å². The number of hydrogen-bond acceptors (Lipinski definition) is 3. The molecule has 2 aromatic rings. The zero-order chi connectivity index (χ0) is 18.0. The number of nitrogens with zero attached hydrogens (tertiary/aromatic N) is 4. The summed E-state index contributed by atoms with van der Waals surface area (Å²) in [5.74, 6) is 0.866. The maximum Gasteiger partial charge on any atom is 0.191 e. The average Bonchev–Trinajstić information content (AvgIpc) is 3.38. The Balaban J connectivity index is 0.00000261. The number of guanidine groups is 1. The third-order valence-electron chi connectivity index (χ3n) is 4.87. The van der Waals surface area contributed by atoms with E-state index in [1.165, 1.54) is 31.5 Å². The van der Waals surface area contributed by atoms with Gasteiger partial charge in [-0.05, 0) is 44.0 Å². The van der Waals surface area contributed by atoms with Gasteiger partial charge in [-0.3, -0.25) is 14.6 Å². The van der Waals surface area contributed by atoms with Crippen LogP contribution in [0.2, 0.25) is 0 Å². The molecule has 2 heterocycles. The van der Waals surface area contributed by atoms with Crippen LogP contribution in [0.3, 0.4) is 0 Å². The summed E-state index contributed by atoms with van der Waals surface area (Å²) in [7, 11) is 1.83. The molecule has 2 N–H and O–H groups in total. The lowest BCUT2D eigenvalue weighted by Gasteiger charge is -2.29. The molecule has 0 aliphatic carbocycles. The quantitative estimate of drug-likeness (QED) is 0.263. The number of halogens is 1. The standard InChI is InChI=1S/C20H30N6.HI/c1-21-20(22-11-7-15-26-16-8-12-24-26)23-17-19(25-13-5-6-14-25)18-9-3-2-4-10-18;/h2-4,8-10,12,16,19H,5-7,11,13-15,17H2,1H3,(H2,21,22,23);1H. The zero-order valence-corrected chi connectivity index (χ0v) is 18.4. The van der Waals surface area contributed by atoms with E-state index in [9.17, 15) is 0 Å². The van der Waals surface area contributed by atoms with Gasteiger partial charge in [0.15, 0.2) is 5.96 Å². The first-order valence-electron chi connectivity index (χ1n) is 9.58. The summed E-state index contributed by atoms with van der Waals surface area (Å²) in [5.41, 5.74) is 1.37. The number of nitrogens with one attached hydrogen (secondary N) is 2. The van der Waals surface area contributed by atoms with Gasteiger partial charge < -0.3 is 10.6 Å². The van der Waals surface area contributed by atoms with Crippen molar-refractivity contribution in [3.63, 3.8) is 0 Å². The van der Waals surface area contributed by atoms with E-state index >= 15 is 0 Å². The van der Waals surface area contributed by atoms with Crippen LogP contribution in [0, 0.1) is 0 Å². The number of benzene rings is 1. The van der Waals surface area contributed by atoms with Gasteiger partial charge in [-0.2, -0.15) is 5.10 Å². The maximum atomic E-state index is 4.37. The Morgan fingerprint density at radius 1 is 1.15 bits per heavy atom. The summed E-state index contributed by atoms with van der Waals surface area (Å²) in [6, 6.07) is 13.1. The van der Waals surface area contributed by atoms with Gasteiger partial charge in [-0.1, -0.05) is 30.3 Å². The van der Waals surface area contributed by atoms with E-state index in [0.29, 0.717) is 6.04 Å². The molecule has 1 aliphatic rings. The van der Waals surface area contributed by atoms with Gasteiger partial charge in [0, 0.05) is 39.1 Å². The van der Waals surface area contributed by atoms with E-state index in [-0.39, 0.29) is 24.0 Å². The van der Waals surface area contributed by atoms with Crippen LogP contribution < -0.4 is 10.6 Å². The monoisotopic (exact) mass is 482 g/mol. The van der Waals surface area contributed by atoms with Crippen LogP contribution in [0.4, 0.5) is 0 Å². The largest absolute Gasteiger partial charge is 0.356 e. The molecule has 0 bridgehead atoms. The van der Waals surface area contributed by atoms with Crippen LogP contribution in [0.15, 0.2) is 53.8 Å². The molecule has 3 rings (SSSR count). The van der Waals surface area contributed by atoms with Gasteiger partial charge in [-0.15, -0.1) is 24.0 Å². The summed E-state index contributed by atoms with van der Waals surface area (Å²) < 4.78 is 1.96. The molecule has 0 radical (unpaired) electrons. The number of rotatable bonds is 8. The zero-order valence-electron chi connectivity index (χ0n) is 16.1. The summed E-state index contributed by atoms with van der Waals surface area (Å²) in [6.45, 7) is 5.01. The van der Waals surface area contributed by atoms with E-state index in [2.05, 4.69) is 56.0 Å². The third-order valence-corrected chi connectivity index (χ3v) is 4.87. The van der Waals surface area contributed by atoms with Crippen LogP contribution >= 0.6 is 24.0 Å². The molecule has 0 spiro atoms.